The van der Waals surface area contributed by atoms with E-state index < -0.39 is 0 Å². The first kappa shape index (κ1) is 51.1. The summed E-state index contributed by atoms with van der Waals surface area (Å²) in [7, 11) is 0. The van der Waals surface area contributed by atoms with Crippen molar-refractivity contribution in [2.45, 2.75) is 0 Å². The van der Waals surface area contributed by atoms with E-state index in [-0.39, 0.29) is 0 Å². The van der Waals surface area contributed by atoms with E-state index in [9.17, 15) is 0 Å². The number of fused-ring (bicyclic) bond motifs is 6. The molecule has 0 amide bonds. The Labute approximate surface area is 506 Å². The second-order valence-corrected chi connectivity index (χ2v) is 22.5. The van der Waals surface area contributed by atoms with Gasteiger partial charge in [0.25, 0.3) is 0 Å². The maximum atomic E-state index is 2.41. The average Bonchev–Trinajstić information content (AvgIpc) is 1.89. The van der Waals surface area contributed by atoms with Crippen molar-refractivity contribution in [3.8, 4) is 89.3 Å². The van der Waals surface area contributed by atoms with Crippen LogP contribution in [0.25, 0.3) is 133 Å². The molecule has 2 aromatic heterocycles. The van der Waals surface area contributed by atoms with Crippen LogP contribution < -0.4 is 4.90 Å². The molecule has 0 saturated heterocycles. The van der Waals surface area contributed by atoms with Gasteiger partial charge < -0.3 is 14.0 Å². The Morgan fingerprint density at radius 2 is 0.391 bits per heavy atom. The molecule has 2 heterocycles. The fourth-order valence-corrected chi connectivity index (χ4v) is 12.9. The summed E-state index contributed by atoms with van der Waals surface area (Å²) in [6, 6.07) is 126. The Balaban J connectivity index is 0.676. The topological polar surface area (TPSA) is 13.1 Å². The number of benzene rings is 14. The number of rotatable bonds is 12. The lowest BCUT2D eigenvalue weighted by Gasteiger charge is -2.26. The number of hydrogen-bond donors (Lipinski definition) is 0. The summed E-state index contributed by atoms with van der Waals surface area (Å²) < 4.78 is 4.78. The largest absolute Gasteiger partial charge is 0.311 e. The second kappa shape index (κ2) is 21.9. The van der Waals surface area contributed by atoms with Gasteiger partial charge in [0.15, 0.2) is 0 Å². The normalized spacial score (nSPS) is 11.4. The number of aromatic nitrogens is 2. The average molecular weight is 1110 g/mol. The second-order valence-electron chi connectivity index (χ2n) is 22.5. The molecule has 0 spiro atoms. The molecule has 0 aliphatic heterocycles. The van der Waals surface area contributed by atoms with Crippen molar-refractivity contribution in [1.82, 2.24) is 9.13 Å². The summed E-state index contributed by atoms with van der Waals surface area (Å²) in [6.07, 6.45) is 0. The van der Waals surface area contributed by atoms with Crippen LogP contribution in [0, 0.1) is 0 Å². The highest BCUT2D eigenvalue weighted by molar-refractivity contribution is 6.12. The third-order valence-electron chi connectivity index (χ3n) is 17.4. The van der Waals surface area contributed by atoms with Crippen LogP contribution in [0.2, 0.25) is 0 Å². The molecule has 0 saturated carbocycles. The van der Waals surface area contributed by atoms with Gasteiger partial charge in [-0.3, -0.25) is 0 Å². The van der Waals surface area contributed by atoms with Crippen molar-refractivity contribution < 1.29 is 0 Å². The lowest BCUT2D eigenvalue weighted by Crippen LogP contribution is -2.09. The van der Waals surface area contributed by atoms with Crippen LogP contribution in [0.4, 0.5) is 17.1 Å². The standard InChI is InChI=1S/C84H57N3/c1-4-14-58(15-5-1)60-24-28-62(29-25-60)64-36-46-73(47-37-64)85(74-48-38-65(39-49-74)63-30-26-61(27-31-63)59-16-6-2-7-17-59)75-50-40-66(41-51-75)67-42-52-76(53-43-67)87-82-23-13-11-21-78(82)80-57-71(45-55-84(80)87)69-34-32-68(33-35-69)70-44-54-83-79(56-70)77-20-10-12-22-81(77)86(83)72-18-8-3-9-19-72/h1-57H. The number of para-hydroxylation sites is 3. The quantitative estimate of drug-likeness (QED) is 0.119. The van der Waals surface area contributed by atoms with E-state index in [4.69, 9.17) is 0 Å². The molecule has 0 radical (unpaired) electrons. The Morgan fingerprint density at radius 1 is 0.161 bits per heavy atom. The molecule has 14 aromatic carbocycles. The summed E-state index contributed by atoms with van der Waals surface area (Å²) in [4.78, 5) is 2.36. The molecule has 0 atom stereocenters. The minimum atomic E-state index is 1.08. The van der Waals surface area contributed by atoms with Gasteiger partial charge in [-0.05, 0) is 175 Å². The minimum absolute atomic E-state index is 1.08. The van der Waals surface area contributed by atoms with Crippen molar-refractivity contribution in [3.05, 3.63) is 346 Å². The lowest BCUT2D eigenvalue weighted by molar-refractivity contribution is 1.18. The van der Waals surface area contributed by atoms with E-state index in [1.54, 1.807) is 0 Å². The fourth-order valence-electron chi connectivity index (χ4n) is 12.9. The van der Waals surface area contributed by atoms with Crippen molar-refractivity contribution in [2.24, 2.45) is 0 Å². The molecule has 0 aliphatic carbocycles. The van der Waals surface area contributed by atoms with Crippen LogP contribution >= 0.6 is 0 Å². The third-order valence-corrected chi connectivity index (χ3v) is 17.4. The highest BCUT2D eigenvalue weighted by atomic mass is 15.1. The van der Waals surface area contributed by atoms with Crippen LogP contribution in [-0.4, -0.2) is 9.13 Å². The van der Waals surface area contributed by atoms with Crippen LogP contribution in [0.5, 0.6) is 0 Å². The van der Waals surface area contributed by atoms with E-state index in [1.165, 1.54) is 116 Å². The first-order valence-electron chi connectivity index (χ1n) is 29.9. The Bertz CT molecular complexity index is 4980. The molecule has 16 aromatic rings. The monoisotopic (exact) mass is 1110 g/mol. The molecular weight excluding hydrogens is 1050 g/mol. The summed E-state index contributed by atoms with van der Waals surface area (Å²) in [6.45, 7) is 0. The third kappa shape index (κ3) is 9.54. The SMILES string of the molecule is c1ccc(-c2ccc(-c3ccc(N(c4ccc(-c5ccc(-c6ccccc6)cc5)cc4)c4ccc(-c5ccc(-n6c7ccccc7c7cc(-c8ccc(-c9ccc%10c(c9)c9ccccc9n%10-c9ccccc9)cc8)ccc76)cc5)cc4)cc3)cc2)cc1. The van der Waals surface area contributed by atoms with Gasteiger partial charge in [0.05, 0.1) is 22.1 Å². The van der Waals surface area contributed by atoms with Gasteiger partial charge in [0.1, 0.15) is 0 Å². The molecule has 16 rings (SSSR count). The Kier molecular flexibility index (Phi) is 12.9. The van der Waals surface area contributed by atoms with Crippen molar-refractivity contribution in [3.63, 3.8) is 0 Å². The van der Waals surface area contributed by atoms with Crippen molar-refractivity contribution in [1.29, 1.82) is 0 Å². The van der Waals surface area contributed by atoms with Gasteiger partial charge in [-0.1, -0.05) is 249 Å². The van der Waals surface area contributed by atoms with Gasteiger partial charge in [-0.25, -0.2) is 0 Å². The van der Waals surface area contributed by atoms with Crippen LogP contribution in [0.15, 0.2) is 346 Å². The summed E-state index contributed by atoms with van der Waals surface area (Å²) in [5, 5.41) is 4.98. The maximum absolute atomic E-state index is 2.41. The first-order valence-corrected chi connectivity index (χ1v) is 29.9. The predicted octanol–water partition coefficient (Wildman–Crippen LogP) is 23.0. The zero-order valence-corrected chi connectivity index (χ0v) is 47.8. The summed E-state index contributed by atoms with van der Waals surface area (Å²) >= 11 is 0. The molecule has 0 aliphatic rings. The summed E-state index contributed by atoms with van der Waals surface area (Å²) in [5.74, 6) is 0. The molecule has 0 fully saturated rings. The van der Waals surface area contributed by atoms with Gasteiger partial charge in [-0.15, -0.1) is 0 Å². The predicted molar refractivity (Wildman–Crippen MR) is 368 cm³/mol. The number of nitrogens with zero attached hydrogens (tertiary/aromatic N) is 3. The van der Waals surface area contributed by atoms with Gasteiger partial charge >= 0.3 is 0 Å². The summed E-state index contributed by atoms with van der Waals surface area (Å²) in [5.41, 5.74) is 27.0. The molecule has 0 bridgehead atoms. The molecule has 408 valence electrons. The lowest BCUT2D eigenvalue weighted by atomic mass is 9.98. The number of anilines is 3. The van der Waals surface area contributed by atoms with E-state index in [1.807, 2.05) is 0 Å². The van der Waals surface area contributed by atoms with Gasteiger partial charge in [-0.2, -0.15) is 0 Å². The Hall–Kier alpha value is -11.5. The highest BCUT2D eigenvalue weighted by Crippen LogP contribution is 2.41. The van der Waals surface area contributed by atoms with E-state index in [0.717, 1.165) is 33.9 Å². The van der Waals surface area contributed by atoms with Crippen molar-refractivity contribution in [2.75, 3.05) is 4.90 Å². The molecule has 0 N–H and O–H groups in total. The van der Waals surface area contributed by atoms with Crippen LogP contribution in [0.1, 0.15) is 0 Å². The van der Waals surface area contributed by atoms with E-state index in [0.29, 0.717) is 0 Å². The van der Waals surface area contributed by atoms with Crippen molar-refractivity contribution >= 4 is 60.7 Å². The van der Waals surface area contributed by atoms with E-state index >= 15 is 0 Å². The van der Waals surface area contributed by atoms with Crippen LogP contribution in [0.3, 0.4) is 0 Å². The zero-order valence-electron chi connectivity index (χ0n) is 47.8. The van der Waals surface area contributed by atoms with Gasteiger partial charge in [0, 0.05) is 50.0 Å². The molecule has 3 heteroatoms. The molecule has 87 heavy (non-hydrogen) atoms. The first-order chi connectivity index (χ1) is 43.1. The fraction of sp³-hybridized carbons (Fsp3) is 0. The van der Waals surface area contributed by atoms with Gasteiger partial charge in [0.2, 0.25) is 0 Å². The maximum Gasteiger partial charge on any atom is 0.0541 e. The smallest absolute Gasteiger partial charge is 0.0541 e. The molecule has 3 nitrogen and oxygen atoms in total. The Morgan fingerprint density at radius 3 is 0.736 bits per heavy atom. The molecular formula is C84H57N3. The highest BCUT2D eigenvalue weighted by Gasteiger charge is 2.18. The minimum Gasteiger partial charge on any atom is -0.311 e. The van der Waals surface area contributed by atoms with Crippen LogP contribution in [-0.2, 0) is 0 Å². The number of hydrogen-bond acceptors (Lipinski definition) is 1. The van der Waals surface area contributed by atoms with E-state index in [2.05, 4.69) is 360 Å². The molecule has 0 unspecified atom stereocenters. The zero-order chi connectivity index (χ0) is 57.6.